The van der Waals surface area contributed by atoms with E-state index in [1.54, 1.807) is 36.1 Å². The van der Waals surface area contributed by atoms with Crippen LogP contribution in [0.4, 0.5) is 9.18 Å². The van der Waals surface area contributed by atoms with Crippen molar-refractivity contribution in [1.29, 1.82) is 0 Å². The van der Waals surface area contributed by atoms with Gasteiger partial charge in [-0.15, -0.1) is 0 Å². The Bertz CT molecular complexity index is 1390. The summed E-state index contributed by atoms with van der Waals surface area (Å²) < 4.78 is 14.3. The SMILES string of the molecule is CC12Cc3c([nH]c4cc(F)c(Cl)cc34)C(c3cccc(O)c3)N1C(=O)N(CCCNCC1CC1)C2=O. The minimum Gasteiger partial charge on any atom is -0.508 e. The first-order chi connectivity index (χ1) is 17.3. The molecular weight excluding hydrogens is 483 g/mol. The number of halogens is 2. The van der Waals surface area contributed by atoms with Gasteiger partial charge in [-0.3, -0.25) is 14.6 Å². The fourth-order valence-corrected chi connectivity index (χ4v) is 5.90. The van der Waals surface area contributed by atoms with Crippen molar-refractivity contribution in [3.63, 3.8) is 0 Å². The van der Waals surface area contributed by atoms with E-state index in [0.717, 1.165) is 30.0 Å². The fourth-order valence-electron chi connectivity index (χ4n) is 5.74. The smallest absolute Gasteiger partial charge is 0.328 e. The zero-order valence-corrected chi connectivity index (χ0v) is 20.7. The molecule has 3 heterocycles. The first kappa shape index (κ1) is 23.3. The number of aromatic hydroxyl groups is 1. The standard InChI is InChI=1S/C27H28ClFN4O3/c1-27-13-19-18-11-20(28)21(29)12-22(18)31-23(19)24(16-4-2-5-17(34)10-16)33(27)26(36)32(25(27)35)9-3-8-30-14-15-6-7-15/h2,4-5,10-12,15,24,30-31,34H,3,6-9,13-14H2,1H3. The van der Waals surface area contributed by atoms with Gasteiger partial charge in [-0.25, -0.2) is 9.18 Å². The van der Waals surface area contributed by atoms with Crippen LogP contribution in [-0.2, 0) is 11.2 Å². The minimum atomic E-state index is -1.13. The summed E-state index contributed by atoms with van der Waals surface area (Å²) in [6.07, 6.45) is 3.49. The van der Waals surface area contributed by atoms with E-state index in [4.69, 9.17) is 11.6 Å². The Kier molecular flexibility index (Phi) is 5.50. The van der Waals surface area contributed by atoms with Gasteiger partial charge in [0.05, 0.1) is 5.02 Å². The first-order valence-corrected chi connectivity index (χ1v) is 12.8. The van der Waals surface area contributed by atoms with Gasteiger partial charge < -0.3 is 15.4 Å². The van der Waals surface area contributed by atoms with Crippen molar-refractivity contribution in [3.8, 4) is 5.75 Å². The molecule has 2 aliphatic heterocycles. The van der Waals surface area contributed by atoms with Crippen LogP contribution in [0.25, 0.3) is 10.9 Å². The maximum absolute atomic E-state index is 14.3. The lowest BCUT2D eigenvalue weighted by atomic mass is 9.81. The highest BCUT2D eigenvalue weighted by Crippen LogP contribution is 2.49. The van der Waals surface area contributed by atoms with Crippen LogP contribution in [0.5, 0.6) is 5.75 Å². The van der Waals surface area contributed by atoms with Crippen molar-refractivity contribution in [2.75, 3.05) is 19.6 Å². The lowest BCUT2D eigenvalue weighted by Crippen LogP contribution is -2.53. The highest BCUT2D eigenvalue weighted by Gasteiger charge is 2.60. The monoisotopic (exact) mass is 510 g/mol. The zero-order valence-electron chi connectivity index (χ0n) is 20.0. The molecule has 1 saturated carbocycles. The molecule has 2 atom stereocenters. The third-order valence-corrected chi connectivity index (χ3v) is 8.05. The first-order valence-electron chi connectivity index (χ1n) is 12.4. The number of nitrogens with zero attached hydrogens (tertiary/aromatic N) is 2. The van der Waals surface area contributed by atoms with E-state index >= 15 is 0 Å². The van der Waals surface area contributed by atoms with E-state index in [0.29, 0.717) is 29.7 Å². The number of aromatic amines is 1. The van der Waals surface area contributed by atoms with Crippen LogP contribution in [0, 0.1) is 11.7 Å². The van der Waals surface area contributed by atoms with E-state index in [-0.39, 0.29) is 29.1 Å². The topological polar surface area (TPSA) is 88.7 Å². The number of nitrogens with one attached hydrogen (secondary N) is 2. The molecule has 0 bridgehead atoms. The number of amides is 3. The second-order valence-corrected chi connectivity index (χ2v) is 10.8. The molecule has 3 amide bonds. The molecule has 3 N–H and O–H groups in total. The lowest BCUT2D eigenvalue weighted by Gasteiger charge is -2.42. The Hall–Kier alpha value is -3.10. The van der Waals surface area contributed by atoms with Crippen LogP contribution >= 0.6 is 11.6 Å². The summed E-state index contributed by atoms with van der Waals surface area (Å²) >= 11 is 6.12. The molecule has 2 aromatic carbocycles. The second kappa shape index (κ2) is 8.49. The van der Waals surface area contributed by atoms with E-state index in [1.807, 2.05) is 6.07 Å². The molecule has 7 nitrogen and oxygen atoms in total. The van der Waals surface area contributed by atoms with Crippen LogP contribution < -0.4 is 5.32 Å². The van der Waals surface area contributed by atoms with Crippen LogP contribution in [0.15, 0.2) is 36.4 Å². The van der Waals surface area contributed by atoms with Crippen LogP contribution in [0.1, 0.15) is 49.0 Å². The summed E-state index contributed by atoms with van der Waals surface area (Å²) in [5.41, 5.74) is 1.61. The van der Waals surface area contributed by atoms with Gasteiger partial charge in [-0.1, -0.05) is 23.7 Å². The van der Waals surface area contributed by atoms with Gasteiger partial charge in [0, 0.05) is 29.6 Å². The number of H-pyrrole nitrogens is 1. The number of imide groups is 1. The molecule has 9 heteroatoms. The number of carbonyl (C=O) groups is 2. The van der Waals surface area contributed by atoms with E-state index in [9.17, 15) is 19.1 Å². The highest BCUT2D eigenvalue weighted by atomic mass is 35.5. The van der Waals surface area contributed by atoms with Crippen molar-refractivity contribution in [1.82, 2.24) is 20.1 Å². The Labute approximate surface area is 213 Å². The predicted octanol–water partition coefficient (Wildman–Crippen LogP) is 4.72. The van der Waals surface area contributed by atoms with Crippen molar-refractivity contribution >= 4 is 34.4 Å². The van der Waals surface area contributed by atoms with Crippen molar-refractivity contribution in [2.24, 2.45) is 5.92 Å². The number of carbonyl (C=O) groups excluding carboxylic acids is 2. The van der Waals surface area contributed by atoms with Crippen LogP contribution in [0.2, 0.25) is 5.02 Å². The molecule has 0 spiro atoms. The highest BCUT2D eigenvalue weighted by molar-refractivity contribution is 6.31. The number of fused-ring (bicyclic) bond motifs is 4. The zero-order chi connectivity index (χ0) is 25.2. The molecule has 0 radical (unpaired) electrons. The number of aromatic nitrogens is 1. The molecule has 2 unspecified atom stereocenters. The second-order valence-electron chi connectivity index (χ2n) is 10.4. The van der Waals surface area contributed by atoms with E-state index in [2.05, 4.69) is 10.3 Å². The molecule has 1 aromatic heterocycles. The lowest BCUT2D eigenvalue weighted by molar-refractivity contribution is -0.133. The number of rotatable bonds is 7. The number of phenols is 1. The Morgan fingerprint density at radius 2 is 2.06 bits per heavy atom. The normalized spacial score (nSPS) is 23.5. The number of urea groups is 1. The molecule has 6 rings (SSSR count). The average Bonchev–Trinajstić information content (AvgIpc) is 3.58. The molecule has 2 fully saturated rings. The fraction of sp³-hybridized carbons (Fsp3) is 0.407. The molecule has 3 aromatic rings. The Morgan fingerprint density at radius 3 is 2.81 bits per heavy atom. The van der Waals surface area contributed by atoms with Crippen molar-refractivity contribution in [2.45, 2.75) is 44.2 Å². The third kappa shape index (κ3) is 3.66. The van der Waals surface area contributed by atoms with Gasteiger partial charge in [-0.2, -0.15) is 0 Å². The molecule has 1 saturated heterocycles. The summed E-state index contributed by atoms with van der Waals surface area (Å²) in [5, 5.41) is 14.4. The maximum Gasteiger partial charge on any atom is 0.328 e. The van der Waals surface area contributed by atoms with Crippen molar-refractivity contribution in [3.05, 3.63) is 64.1 Å². The summed E-state index contributed by atoms with van der Waals surface area (Å²) in [7, 11) is 0. The van der Waals surface area contributed by atoms with Crippen molar-refractivity contribution < 1.29 is 19.1 Å². The maximum atomic E-state index is 14.3. The van der Waals surface area contributed by atoms with E-state index < -0.39 is 17.4 Å². The Balaban J connectivity index is 1.40. The Morgan fingerprint density at radius 1 is 1.25 bits per heavy atom. The summed E-state index contributed by atoms with van der Waals surface area (Å²) in [5.74, 6) is 0.0370. The molecule has 36 heavy (non-hydrogen) atoms. The van der Waals surface area contributed by atoms with Crippen LogP contribution in [-0.4, -0.2) is 57.0 Å². The quantitative estimate of drug-likeness (QED) is 0.317. The predicted molar refractivity (Wildman–Crippen MR) is 134 cm³/mol. The molecule has 3 aliphatic rings. The number of hydrogen-bond donors (Lipinski definition) is 3. The van der Waals surface area contributed by atoms with Gasteiger partial charge in [-0.05, 0) is 80.6 Å². The van der Waals surface area contributed by atoms with Gasteiger partial charge in [0.25, 0.3) is 5.91 Å². The average molecular weight is 511 g/mol. The van der Waals surface area contributed by atoms with Gasteiger partial charge in [0.15, 0.2) is 0 Å². The number of benzene rings is 2. The molecule has 188 valence electrons. The number of hydrogen-bond acceptors (Lipinski definition) is 4. The summed E-state index contributed by atoms with van der Waals surface area (Å²) in [6, 6.07) is 8.59. The van der Waals surface area contributed by atoms with Gasteiger partial charge >= 0.3 is 6.03 Å². The summed E-state index contributed by atoms with van der Waals surface area (Å²) in [6.45, 7) is 3.85. The molecular formula is C27H28ClFN4O3. The van der Waals surface area contributed by atoms with E-state index in [1.165, 1.54) is 23.8 Å². The van der Waals surface area contributed by atoms with Gasteiger partial charge in [0.2, 0.25) is 0 Å². The number of phenolic OH excluding ortho intramolecular Hbond substituents is 1. The molecule has 1 aliphatic carbocycles. The summed E-state index contributed by atoms with van der Waals surface area (Å²) in [4.78, 5) is 33.8. The minimum absolute atomic E-state index is 0.0000581. The van der Waals surface area contributed by atoms with Crippen LogP contribution in [0.3, 0.4) is 0 Å². The third-order valence-electron chi connectivity index (χ3n) is 7.76. The van der Waals surface area contributed by atoms with Gasteiger partial charge in [0.1, 0.15) is 23.1 Å². The largest absolute Gasteiger partial charge is 0.508 e.